The van der Waals surface area contributed by atoms with Crippen molar-refractivity contribution in [2.24, 2.45) is 0 Å². The molecule has 1 heterocycles. The lowest BCUT2D eigenvalue weighted by molar-refractivity contribution is 0.202. The molecular formula is C13H20O. The molecular weight excluding hydrogens is 172 g/mol. The van der Waals surface area contributed by atoms with Crippen LogP contribution in [0, 0.1) is 0 Å². The topological polar surface area (TPSA) is 9.23 Å². The smallest absolute Gasteiger partial charge is 0.121 e. The summed E-state index contributed by atoms with van der Waals surface area (Å²) < 4.78 is 5.41. The molecule has 0 unspecified atom stereocenters. The van der Waals surface area contributed by atoms with Crippen molar-refractivity contribution in [2.45, 2.75) is 26.7 Å². The molecule has 0 fully saturated rings. The van der Waals surface area contributed by atoms with Gasteiger partial charge in [0.15, 0.2) is 0 Å². The zero-order chi connectivity index (χ0) is 10.8. The Balaban J connectivity index is 0.000000791. The second-order valence-corrected chi connectivity index (χ2v) is 2.64. The Kier molecular flexibility index (Phi) is 7.62. The fraction of sp³-hybridized carbons (Fsp3) is 0.385. The van der Waals surface area contributed by atoms with Crippen LogP contribution in [0.15, 0.2) is 48.8 Å². The lowest BCUT2D eigenvalue weighted by Crippen LogP contribution is -2.03. The van der Waals surface area contributed by atoms with Crippen LogP contribution in [0.5, 0.6) is 0 Å². The van der Waals surface area contributed by atoms with E-state index < -0.39 is 0 Å². The summed E-state index contributed by atoms with van der Waals surface area (Å²) in [6.45, 7) is 12.1. The van der Waals surface area contributed by atoms with Crippen LogP contribution < -0.4 is 0 Å². The van der Waals surface area contributed by atoms with E-state index in [2.05, 4.69) is 13.2 Å². The molecule has 0 bridgehead atoms. The van der Waals surface area contributed by atoms with E-state index in [1.807, 2.05) is 26.0 Å². The molecule has 0 N–H and O–H groups in total. The van der Waals surface area contributed by atoms with Gasteiger partial charge >= 0.3 is 0 Å². The second-order valence-electron chi connectivity index (χ2n) is 2.64. The number of hydrogen-bond acceptors (Lipinski definition) is 1. The van der Waals surface area contributed by atoms with Crippen LogP contribution in [-0.4, -0.2) is 6.61 Å². The molecule has 0 saturated carbocycles. The molecule has 0 saturated heterocycles. The molecule has 0 aromatic carbocycles. The maximum atomic E-state index is 5.41. The lowest BCUT2D eigenvalue weighted by atomic mass is 10.1. The number of ether oxygens (including phenoxy) is 1. The SMILES string of the molecule is C=C/C=C\C1=C(C=C)OCCC1.CC. The summed E-state index contributed by atoms with van der Waals surface area (Å²) in [4.78, 5) is 0. The van der Waals surface area contributed by atoms with Crippen molar-refractivity contribution in [1.82, 2.24) is 0 Å². The maximum Gasteiger partial charge on any atom is 0.121 e. The summed E-state index contributed by atoms with van der Waals surface area (Å²) in [5.74, 6) is 0.916. The first-order valence-corrected chi connectivity index (χ1v) is 5.16. The van der Waals surface area contributed by atoms with E-state index in [1.54, 1.807) is 12.2 Å². The van der Waals surface area contributed by atoms with Gasteiger partial charge in [-0.2, -0.15) is 0 Å². The van der Waals surface area contributed by atoms with Gasteiger partial charge in [0.1, 0.15) is 5.76 Å². The highest BCUT2D eigenvalue weighted by Crippen LogP contribution is 2.20. The Hall–Kier alpha value is -1.24. The summed E-state index contributed by atoms with van der Waals surface area (Å²) >= 11 is 0. The number of rotatable bonds is 3. The molecule has 0 radical (unpaired) electrons. The minimum Gasteiger partial charge on any atom is -0.493 e. The molecule has 1 heteroatoms. The lowest BCUT2D eigenvalue weighted by Gasteiger charge is -2.16. The molecule has 1 aliphatic rings. The molecule has 0 spiro atoms. The first kappa shape index (κ1) is 12.8. The van der Waals surface area contributed by atoms with Crippen molar-refractivity contribution < 1.29 is 4.74 Å². The normalized spacial score (nSPS) is 15.6. The van der Waals surface area contributed by atoms with Crippen molar-refractivity contribution in [3.05, 3.63) is 48.8 Å². The minimum atomic E-state index is 0.812. The maximum absolute atomic E-state index is 5.41. The van der Waals surface area contributed by atoms with E-state index in [0.717, 1.165) is 25.2 Å². The molecule has 1 nitrogen and oxygen atoms in total. The quantitative estimate of drug-likeness (QED) is 0.614. The fourth-order valence-electron chi connectivity index (χ4n) is 1.20. The van der Waals surface area contributed by atoms with Crippen molar-refractivity contribution >= 4 is 0 Å². The summed E-state index contributed by atoms with van der Waals surface area (Å²) in [5.41, 5.74) is 1.22. The highest BCUT2D eigenvalue weighted by Gasteiger charge is 2.07. The molecule has 1 aliphatic heterocycles. The van der Waals surface area contributed by atoms with Crippen molar-refractivity contribution in [3.8, 4) is 0 Å². The van der Waals surface area contributed by atoms with Gasteiger partial charge in [-0.3, -0.25) is 0 Å². The Morgan fingerprint density at radius 2 is 2.00 bits per heavy atom. The first-order chi connectivity index (χ1) is 6.88. The molecule has 14 heavy (non-hydrogen) atoms. The van der Waals surface area contributed by atoms with Gasteiger partial charge in [-0.15, -0.1) is 0 Å². The van der Waals surface area contributed by atoms with E-state index in [-0.39, 0.29) is 0 Å². The van der Waals surface area contributed by atoms with Gasteiger partial charge in [0.05, 0.1) is 6.61 Å². The fourth-order valence-corrected chi connectivity index (χ4v) is 1.20. The molecule has 0 aromatic heterocycles. The predicted molar refractivity (Wildman–Crippen MR) is 63.1 cm³/mol. The number of allylic oxidation sites excluding steroid dienone is 5. The summed E-state index contributed by atoms with van der Waals surface area (Å²) in [6.07, 6.45) is 9.65. The van der Waals surface area contributed by atoms with Crippen LogP contribution >= 0.6 is 0 Å². The highest BCUT2D eigenvalue weighted by molar-refractivity contribution is 5.30. The Bertz CT molecular complexity index is 234. The molecule has 0 aromatic rings. The van der Waals surface area contributed by atoms with Gasteiger partial charge in [0, 0.05) is 0 Å². The summed E-state index contributed by atoms with van der Waals surface area (Å²) in [5, 5.41) is 0. The predicted octanol–water partition coefficient (Wildman–Crippen LogP) is 4.01. The van der Waals surface area contributed by atoms with Gasteiger partial charge in [0.25, 0.3) is 0 Å². The molecule has 0 amide bonds. The first-order valence-electron chi connectivity index (χ1n) is 5.16. The van der Waals surface area contributed by atoms with Crippen LogP contribution in [0.4, 0.5) is 0 Å². The zero-order valence-corrected chi connectivity index (χ0v) is 9.25. The van der Waals surface area contributed by atoms with Crippen molar-refractivity contribution in [1.29, 1.82) is 0 Å². The molecule has 78 valence electrons. The minimum absolute atomic E-state index is 0.812. The van der Waals surface area contributed by atoms with Crippen LogP contribution in [0.2, 0.25) is 0 Å². The Morgan fingerprint density at radius 3 is 2.57 bits per heavy atom. The standard InChI is InChI=1S/C11H14O.C2H6/c1-3-5-7-10-8-6-9-12-11(10)4-2;1-2/h3-5,7H,1-2,6,8-9H2;1-2H3/b7-5-;. The van der Waals surface area contributed by atoms with Gasteiger partial charge in [-0.1, -0.05) is 45.2 Å². The third-order valence-corrected chi connectivity index (χ3v) is 1.78. The van der Waals surface area contributed by atoms with Crippen LogP contribution in [-0.2, 0) is 4.74 Å². The van der Waals surface area contributed by atoms with E-state index in [9.17, 15) is 0 Å². The van der Waals surface area contributed by atoms with Gasteiger partial charge < -0.3 is 4.74 Å². The van der Waals surface area contributed by atoms with Gasteiger partial charge in [0.2, 0.25) is 0 Å². The highest BCUT2D eigenvalue weighted by atomic mass is 16.5. The Morgan fingerprint density at radius 1 is 1.29 bits per heavy atom. The van der Waals surface area contributed by atoms with Crippen molar-refractivity contribution in [2.75, 3.05) is 6.61 Å². The van der Waals surface area contributed by atoms with Crippen molar-refractivity contribution in [3.63, 3.8) is 0 Å². The van der Waals surface area contributed by atoms with E-state index in [1.165, 1.54) is 5.57 Å². The van der Waals surface area contributed by atoms with Crippen LogP contribution in [0.3, 0.4) is 0 Å². The van der Waals surface area contributed by atoms with Gasteiger partial charge in [-0.25, -0.2) is 0 Å². The third-order valence-electron chi connectivity index (χ3n) is 1.78. The average molecular weight is 192 g/mol. The zero-order valence-electron chi connectivity index (χ0n) is 9.25. The van der Waals surface area contributed by atoms with Crippen LogP contribution in [0.1, 0.15) is 26.7 Å². The number of hydrogen-bond donors (Lipinski definition) is 0. The Labute approximate surface area is 87.5 Å². The van der Waals surface area contributed by atoms with Crippen LogP contribution in [0.25, 0.3) is 0 Å². The largest absolute Gasteiger partial charge is 0.493 e. The average Bonchev–Trinajstić information content (AvgIpc) is 2.29. The molecule has 0 atom stereocenters. The van der Waals surface area contributed by atoms with E-state index >= 15 is 0 Å². The molecule has 1 rings (SSSR count). The molecule has 0 aliphatic carbocycles. The summed E-state index contributed by atoms with van der Waals surface area (Å²) in [7, 11) is 0. The monoisotopic (exact) mass is 192 g/mol. The summed E-state index contributed by atoms with van der Waals surface area (Å²) in [6, 6.07) is 0. The van der Waals surface area contributed by atoms with E-state index in [4.69, 9.17) is 4.74 Å². The third kappa shape index (κ3) is 4.13. The van der Waals surface area contributed by atoms with Gasteiger partial charge in [-0.05, 0) is 24.5 Å². The van der Waals surface area contributed by atoms with E-state index in [0.29, 0.717) is 0 Å². The second kappa shape index (κ2) is 8.36.